The second-order valence-electron chi connectivity index (χ2n) is 16.5. The third-order valence-corrected chi connectivity index (χ3v) is 15.6. The van der Waals surface area contributed by atoms with E-state index in [0.717, 1.165) is 35.9 Å². The van der Waals surface area contributed by atoms with Crippen LogP contribution >= 0.6 is 0 Å². The number of methoxy groups -OCH3 is 4. The fourth-order valence-electron chi connectivity index (χ4n) is 7.51. The molecule has 74 heavy (non-hydrogen) atoms. The van der Waals surface area contributed by atoms with Crippen molar-refractivity contribution in [1.29, 1.82) is 0 Å². The van der Waals surface area contributed by atoms with E-state index in [4.69, 9.17) is 18.9 Å². The molecular formula is C48H50F2N12O10S2. The molecule has 8 aromatic rings. The zero-order chi connectivity index (χ0) is 53.5. The van der Waals surface area contributed by atoms with E-state index < -0.39 is 65.5 Å². The van der Waals surface area contributed by atoms with Gasteiger partial charge in [0.05, 0.1) is 63.7 Å². The minimum atomic E-state index is -4.06. The molecular weight excluding hydrogens is 1010 g/mol. The van der Waals surface area contributed by atoms with Crippen LogP contribution in [0.5, 0.6) is 23.0 Å². The summed E-state index contributed by atoms with van der Waals surface area (Å²) in [4.78, 5) is 23.3. The molecule has 2 N–H and O–H groups in total. The summed E-state index contributed by atoms with van der Waals surface area (Å²) in [5.74, 6) is -0.699. The molecule has 26 heteroatoms. The summed E-state index contributed by atoms with van der Waals surface area (Å²) in [5.41, 5.74) is 3.71. The van der Waals surface area contributed by atoms with E-state index in [2.05, 4.69) is 50.3 Å². The summed E-state index contributed by atoms with van der Waals surface area (Å²) in [6.07, 6.45) is 6.79. The normalized spacial score (nSPS) is 13.2. The van der Waals surface area contributed by atoms with Gasteiger partial charge in [-0.15, -0.1) is 20.4 Å². The maximum atomic E-state index is 13.4. The van der Waals surface area contributed by atoms with E-state index in [1.54, 1.807) is 70.3 Å². The zero-order valence-corrected chi connectivity index (χ0v) is 42.7. The second kappa shape index (κ2) is 22.9. The lowest BCUT2D eigenvalue weighted by Crippen LogP contribution is -2.29. The van der Waals surface area contributed by atoms with Gasteiger partial charge in [-0.2, -0.15) is 0 Å². The first-order valence-electron chi connectivity index (χ1n) is 22.2. The van der Waals surface area contributed by atoms with Crippen molar-refractivity contribution in [2.24, 2.45) is 0 Å². The van der Waals surface area contributed by atoms with Crippen LogP contribution in [0.1, 0.15) is 60.5 Å². The Morgan fingerprint density at radius 3 is 1.15 bits per heavy atom. The predicted octanol–water partition coefficient (Wildman–Crippen LogP) is 5.24. The van der Waals surface area contributed by atoms with Crippen LogP contribution < -0.4 is 18.9 Å². The maximum absolute atomic E-state index is 13.4. The third kappa shape index (κ3) is 11.6. The van der Waals surface area contributed by atoms with E-state index in [1.165, 1.54) is 42.3 Å². The van der Waals surface area contributed by atoms with E-state index in [1.807, 2.05) is 26.0 Å². The third-order valence-electron chi connectivity index (χ3n) is 11.5. The summed E-state index contributed by atoms with van der Waals surface area (Å²) in [6, 6.07) is 13.9. The molecule has 4 atom stereocenters. The Labute approximate surface area is 424 Å². The molecule has 388 valence electrons. The summed E-state index contributed by atoms with van der Waals surface area (Å²) in [7, 11) is -2.20. The van der Waals surface area contributed by atoms with Gasteiger partial charge in [0.15, 0.2) is 66.3 Å². The number of benzene rings is 2. The quantitative estimate of drug-likeness (QED) is 0.111. The number of aliphatic hydroxyl groups is 2. The van der Waals surface area contributed by atoms with Crippen molar-refractivity contribution in [2.75, 3.05) is 28.4 Å². The van der Waals surface area contributed by atoms with Gasteiger partial charge in [-0.25, -0.2) is 45.6 Å². The summed E-state index contributed by atoms with van der Waals surface area (Å²) >= 11 is 0. The van der Waals surface area contributed by atoms with Crippen molar-refractivity contribution < 1.29 is 54.8 Å². The minimum absolute atomic E-state index is 0.0541. The smallest absolute Gasteiger partial charge is 0.170 e. The van der Waals surface area contributed by atoms with Crippen LogP contribution in [-0.4, -0.2) is 125 Å². The predicted molar refractivity (Wildman–Crippen MR) is 263 cm³/mol. The average molecular weight is 1060 g/mol. The van der Waals surface area contributed by atoms with Gasteiger partial charge in [-0.05, 0) is 75.2 Å². The lowest BCUT2D eigenvalue weighted by molar-refractivity contribution is 0.165. The molecule has 0 aliphatic rings. The van der Waals surface area contributed by atoms with Crippen molar-refractivity contribution in [3.8, 4) is 57.1 Å². The minimum Gasteiger partial charge on any atom is -0.494 e. The fraction of sp³-hybridized carbons (Fsp3) is 0.292. The van der Waals surface area contributed by atoms with Crippen LogP contribution in [0.4, 0.5) is 8.78 Å². The van der Waals surface area contributed by atoms with E-state index in [9.17, 15) is 35.8 Å². The summed E-state index contributed by atoms with van der Waals surface area (Å²) < 4.78 is 105. The Bertz CT molecular complexity index is 3210. The first kappa shape index (κ1) is 53.8. The highest BCUT2D eigenvalue weighted by Crippen LogP contribution is 2.39. The highest BCUT2D eigenvalue weighted by atomic mass is 32.2. The number of halogens is 2. The lowest BCUT2D eigenvalue weighted by atomic mass is 10.2. The molecule has 0 aliphatic heterocycles. The fourth-order valence-corrected chi connectivity index (χ4v) is 10.2. The molecule has 0 aliphatic carbocycles. The van der Waals surface area contributed by atoms with Gasteiger partial charge >= 0.3 is 0 Å². The van der Waals surface area contributed by atoms with E-state index >= 15 is 0 Å². The number of pyridine rings is 2. The number of rotatable bonds is 18. The Morgan fingerprint density at radius 2 is 0.851 bits per heavy atom. The number of sulfone groups is 2. The number of hydrogen-bond donors (Lipinski definition) is 2. The van der Waals surface area contributed by atoms with Crippen LogP contribution in [0.15, 0.2) is 98.1 Å². The van der Waals surface area contributed by atoms with E-state index in [-0.39, 0.29) is 23.3 Å². The van der Waals surface area contributed by atoms with Crippen molar-refractivity contribution in [3.63, 3.8) is 0 Å². The van der Waals surface area contributed by atoms with Gasteiger partial charge in [-0.3, -0.25) is 19.1 Å². The van der Waals surface area contributed by atoms with Crippen molar-refractivity contribution in [3.05, 3.63) is 144 Å². The lowest BCUT2D eigenvalue weighted by Gasteiger charge is -2.20. The Morgan fingerprint density at radius 1 is 0.527 bits per heavy atom. The summed E-state index contributed by atoms with van der Waals surface area (Å²) in [5, 5.41) is 35.5. The zero-order valence-electron chi connectivity index (χ0n) is 41.1. The standard InChI is InChI=1S/2C24H25FN6O5S/c2*1-14-8-16(10-26-9-14)24-30-29-20(31(24)21-18(35-3)6-5-7-19(21)36-4)13-37(33,34)15(2)22(32)23-27-11-17(25)12-28-23/h2*5-12,15,22,32H,13H2,1-4H3/t2*15-,22-/m10/s1. The Kier molecular flexibility index (Phi) is 16.6. The van der Waals surface area contributed by atoms with Crippen LogP contribution in [-0.2, 0) is 31.2 Å². The van der Waals surface area contributed by atoms with Gasteiger partial charge in [0.2, 0.25) is 0 Å². The number of hydrogen-bond acceptors (Lipinski definition) is 20. The van der Waals surface area contributed by atoms with Crippen molar-refractivity contribution in [1.82, 2.24) is 59.4 Å². The second-order valence-corrected chi connectivity index (χ2v) is 21.2. The molecule has 6 aromatic heterocycles. The molecule has 0 bridgehead atoms. The molecule has 2 aromatic carbocycles. The largest absolute Gasteiger partial charge is 0.494 e. The number of aliphatic hydroxyl groups excluding tert-OH is 2. The molecule has 0 fully saturated rings. The number of aryl methyl sites for hydroxylation is 2. The monoisotopic (exact) mass is 1060 g/mol. The maximum Gasteiger partial charge on any atom is 0.170 e. The Hall–Kier alpha value is -7.94. The number of para-hydroxylation sites is 2. The molecule has 0 amide bonds. The van der Waals surface area contributed by atoms with Crippen LogP contribution in [0.25, 0.3) is 34.2 Å². The van der Waals surface area contributed by atoms with Gasteiger partial charge in [0.1, 0.15) is 58.1 Å². The van der Waals surface area contributed by atoms with Crippen molar-refractivity contribution in [2.45, 2.75) is 61.9 Å². The van der Waals surface area contributed by atoms with Gasteiger partial charge in [0.25, 0.3) is 0 Å². The highest BCUT2D eigenvalue weighted by molar-refractivity contribution is 7.91. The SMILES string of the molecule is COc1cccc(OC)c1-n1c(CS(=O)(=O)[C@@H](C)[C@H](O)c2ncc(F)cn2)nnc1-c1cncc(C)c1.COc1cccc(OC)c1-n1c(CS(=O)(=O)[C@H](C)[C@@H](O)c2ncc(F)cn2)nnc1-c1cncc(C)c1. The molecule has 0 saturated carbocycles. The highest BCUT2D eigenvalue weighted by Gasteiger charge is 2.36. The number of ether oxygens (including phenoxy) is 4. The van der Waals surface area contributed by atoms with Crippen molar-refractivity contribution >= 4 is 19.7 Å². The van der Waals surface area contributed by atoms with Crippen LogP contribution in [0.2, 0.25) is 0 Å². The van der Waals surface area contributed by atoms with Crippen LogP contribution in [0, 0.1) is 25.5 Å². The molecule has 6 heterocycles. The number of aromatic nitrogens is 12. The molecule has 22 nitrogen and oxygen atoms in total. The molecule has 0 saturated heterocycles. The summed E-state index contributed by atoms with van der Waals surface area (Å²) in [6.45, 7) is 6.38. The van der Waals surface area contributed by atoms with Gasteiger partial charge in [-0.1, -0.05) is 12.1 Å². The topological polar surface area (TPSA) is 284 Å². The van der Waals surface area contributed by atoms with E-state index in [0.29, 0.717) is 57.1 Å². The average Bonchev–Trinajstić information content (AvgIpc) is 4.00. The van der Waals surface area contributed by atoms with Gasteiger partial charge in [0, 0.05) is 35.9 Å². The number of nitrogens with zero attached hydrogens (tertiary/aromatic N) is 12. The molecule has 0 unspecified atom stereocenters. The molecule has 0 radical (unpaired) electrons. The van der Waals surface area contributed by atoms with Crippen LogP contribution in [0.3, 0.4) is 0 Å². The first-order valence-corrected chi connectivity index (χ1v) is 25.6. The first-order chi connectivity index (χ1) is 35.3. The van der Waals surface area contributed by atoms with Gasteiger partial charge < -0.3 is 29.2 Å². The Balaban J connectivity index is 0.000000216. The molecule has 8 rings (SSSR count). The molecule has 0 spiro atoms.